The Labute approximate surface area is 101 Å². The predicted molar refractivity (Wildman–Crippen MR) is 68.5 cm³/mol. The van der Waals surface area contributed by atoms with Gasteiger partial charge in [0.15, 0.2) is 0 Å². The van der Waals surface area contributed by atoms with Crippen molar-refractivity contribution in [2.75, 3.05) is 12.8 Å². The molecular weight excluding hydrogens is 214 g/mol. The van der Waals surface area contributed by atoms with Crippen molar-refractivity contribution in [3.05, 3.63) is 36.7 Å². The van der Waals surface area contributed by atoms with Crippen LogP contribution in [-0.2, 0) is 11.3 Å². The van der Waals surface area contributed by atoms with Gasteiger partial charge in [0.05, 0.1) is 12.6 Å². The van der Waals surface area contributed by atoms with Gasteiger partial charge in [-0.3, -0.25) is 0 Å². The van der Waals surface area contributed by atoms with E-state index in [1.807, 2.05) is 37.4 Å². The summed E-state index contributed by atoms with van der Waals surface area (Å²) in [5, 5.41) is 0. The van der Waals surface area contributed by atoms with Gasteiger partial charge in [0.1, 0.15) is 5.82 Å². The number of nitrogens with zero attached hydrogens (tertiary/aromatic N) is 2. The molecule has 0 amide bonds. The minimum Gasteiger partial charge on any atom is -0.399 e. The zero-order valence-corrected chi connectivity index (χ0v) is 10.1. The third-order valence-corrected chi connectivity index (χ3v) is 2.74. The molecule has 2 aromatic rings. The number of nitrogen functional groups attached to an aromatic ring is 1. The van der Waals surface area contributed by atoms with E-state index < -0.39 is 0 Å². The monoisotopic (exact) mass is 231 g/mol. The lowest BCUT2D eigenvalue weighted by Gasteiger charge is -2.13. The Hall–Kier alpha value is -1.81. The Bertz CT molecular complexity index is 476. The molecule has 0 bridgehead atoms. The van der Waals surface area contributed by atoms with Crippen LogP contribution in [0.3, 0.4) is 0 Å². The van der Waals surface area contributed by atoms with E-state index in [9.17, 15) is 0 Å². The number of hydrogen-bond acceptors (Lipinski definition) is 3. The van der Waals surface area contributed by atoms with E-state index in [1.54, 1.807) is 13.3 Å². The third kappa shape index (κ3) is 2.65. The maximum Gasteiger partial charge on any atom is 0.139 e. The van der Waals surface area contributed by atoms with Gasteiger partial charge in [-0.05, 0) is 31.2 Å². The number of benzene rings is 1. The molecule has 0 radical (unpaired) electrons. The van der Waals surface area contributed by atoms with Crippen LogP contribution in [0, 0.1) is 0 Å². The van der Waals surface area contributed by atoms with Crippen LogP contribution in [0.5, 0.6) is 0 Å². The number of aromatic nitrogens is 2. The molecule has 90 valence electrons. The first-order valence-electron chi connectivity index (χ1n) is 5.60. The largest absolute Gasteiger partial charge is 0.399 e. The summed E-state index contributed by atoms with van der Waals surface area (Å²) in [6, 6.07) is 7.72. The molecule has 0 aliphatic carbocycles. The normalized spacial score (nSPS) is 12.6. The first kappa shape index (κ1) is 11.7. The third-order valence-electron chi connectivity index (χ3n) is 2.74. The number of nitrogens with two attached hydrogens (primary N) is 1. The Morgan fingerprint density at radius 1 is 1.35 bits per heavy atom. The van der Waals surface area contributed by atoms with Gasteiger partial charge in [-0.25, -0.2) is 4.98 Å². The van der Waals surface area contributed by atoms with Crippen molar-refractivity contribution in [1.29, 1.82) is 0 Å². The highest BCUT2D eigenvalue weighted by Gasteiger charge is 2.08. The van der Waals surface area contributed by atoms with Gasteiger partial charge < -0.3 is 15.0 Å². The maximum absolute atomic E-state index is 5.67. The van der Waals surface area contributed by atoms with Gasteiger partial charge in [-0.2, -0.15) is 0 Å². The molecule has 1 unspecified atom stereocenters. The second-order valence-electron chi connectivity index (χ2n) is 4.07. The van der Waals surface area contributed by atoms with Gasteiger partial charge in [-0.15, -0.1) is 0 Å². The summed E-state index contributed by atoms with van der Waals surface area (Å²) in [5.41, 5.74) is 7.50. The quantitative estimate of drug-likeness (QED) is 0.820. The van der Waals surface area contributed by atoms with Crippen LogP contribution in [-0.4, -0.2) is 22.8 Å². The van der Waals surface area contributed by atoms with Crippen LogP contribution in [0.25, 0.3) is 11.4 Å². The second kappa shape index (κ2) is 5.01. The van der Waals surface area contributed by atoms with Crippen LogP contribution in [0.4, 0.5) is 5.69 Å². The van der Waals surface area contributed by atoms with Gasteiger partial charge >= 0.3 is 0 Å². The predicted octanol–water partition coefficient (Wildman–Crippen LogP) is 2.17. The molecule has 0 aliphatic heterocycles. The highest BCUT2D eigenvalue weighted by atomic mass is 16.5. The van der Waals surface area contributed by atoms with E-state index in [-0.39, 0.29) is 6.10 Å². The molecule has 1 heterocycles. The van der Waals surface area contributed by atoms with E-state index >= 15 is 0 Å². The summed E-state index contributed by atoms with van der Waals surface area (Å²) in [6.45, 7) is 2.82. The summed E-state index contributed by atoms with van der Waals surface area (Å²) in [5.74, 6) is 0.939. The number of anilines is 1. The molecule has 1 atom stereocenters. The first-order chi connectivity index (χ1) is 8.20. The van der Waals surface area contributed by atoms with Crippen LogP contribution < -0.4 is 5.73 Å². The van der Waals surface area contributed by atoms with Crippen molar-refractivity contribution in [1.82, 2.24) is 9.55 Å². The first-order valence-corrected chi connectivity index (χ1v) is 5.60. The van der Waals surface area contributed by atoms with Crippen molar-refractivity contribution in [2.45, 2.75) is 19.6 Å². The fraction of sp³-hybridized carbons (Fsp3) is 0.308. The molecule has 0 saturated carbocycles. The SMILES string of the molecule is COC(C)Cn1ccnc1-c1ccc(N)cc1. The highest BCUT2D eigenvalue weighted by Crippen LogP contribution is 2.19. The minimum absolute atomic E-state index is 0.164. The Kier molecular flexibility index (Phi) is 3.44. The lowest BCUT2D eigenvalue weighted by Crippen LogP contribution is -2.14. The van der Waals surface area contributed by atoms with Crippen LogP contribution in [0.2, 0.25) is 0 Å². The van der Waals surface area contributed by atoms with E-state index in [0.717, 1.165) is 23.6 Å². The minimum atomic E-state index is 0.164. The second-order valence-corrected chi connectivity index (χ2v) is 4.07. The van der Waals surface area contributed by atoms with Crippen LogP contribution in [0.1, 0.15) is 6.92 Å². The summed E-state index contributed by atoms with van der Waals surface area (Å²) < 4.78 is 7.35. The molecule has 4 heteroatoms. The van der Waals surface area contributed by atoms with Gasteiger partial charge in [0.25, 0.3) is 0 Å². The Balaban J connectivity index is 2.27. The van der Waals surface area contributed by atoms with Crippen molar-refractivity contribution >= 4 is 5.69 Å². The van der Waals surface area contributed by atoms with Crippen LogP contribution in [0.15, 0.2) is 36.7 Å². The van der Waals surface area contributed by atoms with Crippen molar-refractivity contribution < 1.29 is 4.74 Å². The van der Waals surface area contributed by atoms with Gasteiger partial charge in [0, 0.05) is 30.8 Å². The lowest BCUT2D eigenvalue weighted by atomic mass is 10.2. The molecule has 2 N–H and O–H groups in total. The average Bonchev–Trinajstić information content (AvgIpc) is 2.78. The van der Waals surface area contributed by atoms with E-state index in [1.165, 1.54) is 0 Å². The molecule has 0 spiro atoms. The molecule has 17 heavy (non-hydrogen) atoms. The number of rotatable bonds is 4. The fourth-order valence-corrected chi connectivity index (χ4v) is 1.70. The summed E-state index contributed by atoms with van der Waals surface area (Å²) >= 11 is 0. The molecule has 0 fully saturated rings. The smallest absolute Gasteiger partial charge is 0.139 e. The maximum atomic E-state index is 5.67. The van der Waals surface area contributed by atoms with Crippen molar-refractivity contribution in [3.63, 3.8) is 0 Å². The highest BCUT2D eigenvalue weighted by molar-refractivity contribution is 5.59. The topological polar surface area (TPSA) is 53.1 Å². The molecule has 2 rings (SSSR count). The summed E-state index contributed by atoms with van der Waals surface area (Å²) in [7, 11) is 1.71. The number of imidazole rings is 1. The van der Waals surface area contributed by atoms with Gasteiger partial charge in [-0.1, -0.05) is 0 Å². The molecule has 0 aliphatic rings. The molecular formula is C13H17N3O. The average molecular weight is 231 g/mol. The molecule has 1 aromatic carbocycles. The summed E-state index contributed by atoms with van der Waals surface area (Å²) in [4.78, 5) is 4.37. The number of hydrogen-bond donors (Lipinski definition) is 1. The van der Waals surface area contributed by atoms with Crippen LogP contribution >= 0.6 is 0 Å². The Morgan fingerprint density at radius 3 is 2.71 bits per heavy atom. The molecule has 1 aromatic heterocycles. The standard InChI is InChI=1S/C13H17N3O/c1-10(17-2)9-16-8-7-15-13(16)11-3-5-12(14)6-4-11/h3-8,10H,9,14H2,1-2H3. The molecule has 4 nitrogen and oxygen atoms in total. The van der Waals surface area contributed by atoms with E-state index in [0.29, 0.717) is 0 Å². The fourth-order valence-electron chi connectivity index (χ4n) is 1.70. The summed E-state index contributed by atoms with van der Waals surface area (Å²) in [6.07, 6.45) is 3.92. The van der Waals surface area contributed by atoms with Crippen molar-refractivity contribution in [3.8, 4) is 11.4 Å². The van der Waals surface area contributed by atoms with E-state index in [4.69, 9.17) is 10.5 Å². The molecule has 0 saturated heterocycles. The lowest BCUT2D eigenvalue weighted by molar-refractivity contribution is 0.103. The zero-order chi connectivity index (χ0) is 12.3. The Morgan fingerprint density at radius 2 is 2.06 bits per heavy atom. The number of methoxy groups -OCH3 is 1. The van der Waals surface area contributed by atoms with Gasteiger partial charge in [0.2, 0.25) is 0 Å². The number of ether oxygens (including phenoxy) is 1. The van der Waals surface area contributed by atoms with E-state index in [2.05, 4.69) is 9.55 Å². The zero-order valence-electron chi connectivity index (χ0n) is 10.1. The van der Waals surface area contributed by atoms with Crippen molar-refractivity contribution in [2.24, 2.45) is 0 Å².